The summed E-state index contributed by atoms with van der Waals surface area (Å²) in [6.45, 7) is -0.635. The highest BCUT2D eigenvalue weighted by molar-refractivity contribution is 7.80. The second-order valence-corrected chi connectivity index (χ2v) is 4.77. The van der Waals surface area contributed by atoms with Crippen LogP contribution in [0.5, 0.6) is 5.75 Å². The number of carboxylic acid groups (broad SMARTS) is 1. The quantitative estimate of drug-likeness (QED) is 0.437. The van der Waals surface area contributed by atoms with E-state index in [1.54, 1.807) is 18.2 Å². The number of ether oxygens (including phenoxy) is 1. The fourth-order valence-electron chi connectivity index (χ4n) is 1.77. The predicted molar refractivity (Wildman–Crippen MR) is 78.4 cm³/mol. The first-order valence-electron chi connectivity index (χ1n) is 6.17. The van der Waals surface area contributed by atoms with Crippen LogP contribution in [0.25, 0.3) is 6.08 Å². The largest absolute Gasteiger partial charge is 0.546 e. The SMILES string of the molecule is CN1C(=O)/C(=C/c2ccccc2OCC(=O)[O-])C(=O)NC1=S. The Labute approximate surface area is 131 Å². The fourth-order valence-corrected chi connectivity index (χ4v) is 1.94. The smallest absolute Gasteiger partial charge is 0.265 e. The van der Waals surface area contributed by atoms with E-state index in [2.05, 4.69) is 5.32 Å². The number of benzene rings is 1. The number of likely N-dealkylation sites (N-methyl/N-ethyl adjacent to an activating group) is 1. The van der Waals surface area contributed by atoms with E-state index < -0.39 is 24.4 Å². The van der Waals surface area contributed by atoms with Crippen LogP contribution < -0.4 is 15.2 Å². The number of aliphatic carboxylic acids is 1. The van der Waals surface area contributed by atoms with Crippen LogP contribution in [0.15, 0.2) is 29.8 Å². The van der Waals surface area contributed by atoms with Gasteiger partial charge in [0, 0.05) is 12.6 Å². The summed E-state index contributed by atoms with van der Waals surface area (Å²) < 4.78 is 5.07. The maximum absolute atomic E-state index is 12.1. The van der Waals surface area contributed by atoms with Gasteiger partial charge in [-0.1, -0.05) is 18.2 Å². The zero-order valence-corrected chi connectivity index (χ0v) is 12.3. The summed E-state index contributed by atoms with van der Waals surface area (Å²) in [5.41, 5.74) is 0.268. The molecule has 2 amide bonds. The average molecular weight is 319 g/mol. The summed E-state index contributed by atoms with van der Waals surface area (Å²) >= 11 is 4.85. The van der Waals surface area contributed by atoms with Crippen LogP contribution in [0.2, 0.25) is 0 Å². The average Bonchev–Trinajstić information content (AvgIpc) is 2.48. The number of para-hydroxylation sites is 1. The highest BCUT2D eigenvalue weighted by atomic mass is 32.1. The summed E-state index contributed by atoms with van der Waals surface area (Å²) in [5.74, 6) is -2.33. The molecule has 0 unspecified atom stereocenters. The molecule has 0 atom stereocenters. The van der Waals surface area contributed by atoms with Crippen molar-refractivity contribution in [3.05, 3.63) is 35.4 Å². The normalized spacial score (nSPS) is 16.7. The molecule has 1 aromatic rings. The number of hydrogen-bond acceptors (Lipinski definition) is 6. The van der Waals surface area contributed by atoms with Gasteiger partial charge in [0.05, 0.1) is 5.97 Å². The molecule has 1 fully saturated rings. The monoisotopic (exact) mass is 319 g/mol. The molecule has 22 heavy (non-hydrogen) atoms. The minimum Gasteiger partial charge on any atom is -0.546 e. The standard InChI is InChI=1S/C14H12N2O5S/c1-16-13(20)9(12(19)15-14(16)22)6-8-4-2-3-5-10(8)21-7-11(17)18/h2-6H,7H2,1H3,(H,17,18)(H,15,19,22)/p-1/b9-6+. The number of carbonyl (C=O) groups excluding carboxylic acids is 3. The Kier molecular flexibility index (Phi) is 4.52. The molecule has 1 saturated heterocycles. The van der Waals surface area contributed by atoms with Gasteiger partial charge in [-0.25, -0.2) is 0 Å². The van der Waals surface area contributed by atoms with Crippen molar-refractivity contribution >= 4 is 41.2 Å². The van der Waals surface area contributed by atoms with Gasteiger partial charge < -0.3 is 14.6 Å². The van der Waals surface area contributed by atoms with E-state index in [4.69, 9.17) is 17.0 Å². The number of rotatable bonds is 4. The topological polar surface area (TPSA) is 98.8 Å². The highest BCUT2D eigenvalue weighted by Crippen LogP contribution is 2.22. The van der Waals surface area contributed by atoms with Gasteiger partial charge in [0.2, 0.25) is 0 Å². The van der Waals surface area contributed by atoms with Gasteiger partial charge in [0.1, 0.15) is 17.9 Å². The van der Waals surface area contributed by atoms with E-state index in [1.165, 1.54) is 19.2 Å². The van der Waals surface area contributed by atoms with Gasteiger partial charge in [-0.15, -0.1) is 0 Å². The van der Waals surface area contributed by atoms with Crippen molar-refractivity contribution in [1.29, 1.82) is 0 Å². The number of carboxylic acids is 1. The van der Waals surface area contributed by atoms with Crippen LogP contribution in [-0.2, 0) is 14.4 Å². The Morgan fingerprint density at radius 2 is 2.09 bits per heavy atom. The van der Waals surface area contributed by atoms with Gasteiger partial charge in [-0.3, -0.25) is 19.8 Å². The van der Waals surface area contributed by atoms with Crippen molar-refractivity contribution in [1.82, 2.24) is 10.2 Å². The lowest BCUT2D eigenvalue weighted by Crippen LogP contribution is -2.52. The molecule has 0 radical (unpaired) electrons. The van der Waals surface area contributed by atoms with Crippen LogP contribution in [0.1, 0.15) is 5.56 Å². The van der Waals surface area contributed by atoms with Gasteiger partial charge in [-0.2, -0.15) is 0 Å². The fraction of sp³-hybridized carbons (Fsp3) is 0.143. The zero-order chi connectivity index (χ0) is 16.3. The highest BCUT2D eigenvalue weighted by Gasteiger charge is 2.30. The lowest BCUT2D eigenvalue weighted by molar-refractivity contribution is -0.307. The van der Waals surface area contributed by atoms with Crippen molar-refractivity contribution in [3.8, 4) is 5.75 Å². The molecule has 114 valence electrons. The molecule has 0 spiro atoms. The molecule has 1 heterocycles. The molecule has 1 aromatic carbocycles. The number of carbonyl (C=O) groups is 3. The second kappa shape index (κ2) is 6.35. The second-order valence-electron chi connectivity index (χ2n) is 4.38. The van der Waals surface area contributed by atoms with E-state index in [0.29, 0.717) is 5.56 Å². The minimum absolute atomic E-state index is 0.0219. The molecule has 8 heteroatoms. The zero-order valence-electron chi connectivity index (χ0n) is 11.5. The lowest BCUT2D eigenvalue weighted by atomic mass is 10.1. The number of hydrogen-bond donors (Lipinski definition) is 1. The van der Waals surface area contributed by atoms with Crippen molar-refractivity contribution < 1.29 is 24.2 Å². The third kappa shape index (κ3) is 3.29. The van der Waals surface area contributed by atoms with Gasteiger partial charge in [-0.05, 0) is 24.4 Å². The predicted octanol–water partition coefficient (Wildman–Crippen LogP) is -0.928. The lowest BCUT2D eigenvalue weighted by Gasteiger charge is -2.25. The van der Waals surface area contributed by atoms with Crippen LogP contribution >= 0.6 is 12.2 Å². The molecular formula is C14H11N2O5S-. The third-order valence-corrected chi connectivity index (χ3v) is 3.25. The molecule has 0 aliphatic carbocycles. The van der Waals surface area contributed by atoms with Gasteiger partial charge in [0.25, 0.3) is 11.8 Å². The minimum atomic E-state index is -1.38. The third-order valence-electron chi connectivity index (χ3n) is 2.87. The summed E-state index contributed by atoms with van der Waals surface area (Å²) in [7, 11) is 1.44. The van der Waals surface area contributed by atoms with E-state index in [9.17, 15) is 19.5 Å². The Morgan fingerprint density at radius 3 is 2.77 bits per heavy atom. The summed E-state index contributed by atoms with van der Waals surface area (Å²) in [6, 6.07) is 6.41. The van der Waals surface area contributed by atoms with Crippen LogP contribution in [0, 0.1) is 0 Å². The Balaban J connectivity index is 2.36. The van der Waals surface area contributed by atoms with Crippen molar-refractivity contribution in [2.75, 3.05) is 13.7 Å². The van der Waals surface area contributed by atoms with Gasteiger partial charge in [0.15, 0.2) is 5.11 Å². The summed E-state index contributed by atoms with van der Waals surface area (Å²) in [6.07, 6.45) is 1.32. The first-order valence-corrected chi connectivity index (χ1v) is 6.57. The molecule has 2 rings (SSSR count). The van der Waals surface area contributed by atoms with E-state index >= 15 is 0 Å². The van der Waals surface area contributed by atoms with E-state index in [-0.39, 0.29) is 16.4 Å². The Hall–Kier alpha value is -2.74. The van der Waals surface area contributed by atoms with Crippen molar-refractivity contribution in [3.63, 3.8) is 0 Å². The first-order chi connectivity index (χ1) is 10.4. The first kappa shape index (κ1) is 15.6. The summed E-state index contributed by atoms with van der Waals surface area (Å²) in [4.78, 5) is 35.6. The van der Waals surface area contributed by atoms with E-state index in [1.807, 2.05) is 0 Å². The molecule has 1 aliphatic heterocycles. The molecule has 0 aromatic heterocycles. The number of thiocarbonyl (C=S) groups is 1. The number of amides is 2. The Bertz CT molecular complexity index is 698. The molecule has 1 aliphatic rings. The molecule has 7 nitrogen and oxygen atoms in total. The molecule has 0 saturated carbocycles. The van der Waals surface area contributed by atoms with Crippen LogP contribution in [0.4, 0.5) is 0 Å². The molecule has 0 bridgehead atoms. The van der Waals surface area contributed by atoms with Gasteiger partial charge >= 0.3 is 0 Å². The number of nitrogens with zero attached hydrogens (tertiary/aromatic N) is 1. The Morgan fingerprint density at radius 1 is 1.41 bits per heavy atom. The molecular weight excluding hydrogens is 308 g/mol. The summed E-state index contributed by atoms with van der Waals surface area (Å²) in [5, 5.41) is 12.9. The van der Waals surface area contributed by atoms with Crippen LogP contribution in [0.3, 0.4) is 0 Å². The van der Waals surface area contributed by atoms with E-state index in [0.717, 1.165) is 4.90 Å². The van der Waals surface area contributed by atoms with Crippen molar-refractivity contribution in [2.24, 2.45) is 0 Å². The maximum Gasteiger partial charge on any atom is 0.265 e. The maximum atomic E-state index is 12.1. The van der Waals surface area contributed by atoms with Crippen LogP contribution in [-0.4, -0.2) is 41.5 Å². The van der Waals surface area contributed by atoms with Crippen molar-refractivity contribution in [2.45, 2.75) is 0 Å². The number of nitrogens with one attached hydrogen (secondary N) is 1. The molecule has 1 N–H and O–H groups in total.